The average Bonchev–Trinajstić information content (AvgIpc) is 2.54. The van der Waals surface area contributed by atoms with Crippen molar-refractivity contribution in [3.63, 3.8) is 0 Å². The molecule has 0 aliphatic heterocycles. The molecule has 23 heavy (non-hydrogen) atoms. The first-order valence-corrected chi connectivity index (χ1v) is 8.39. The van der Waals surface area contributed by atoms with Gasteiger partial charge in [-0.25, -0.2) is 0 Å². The number of likely N-dealkylation sites (N-methyl/N-ethyl adjacent to an activating group) is 2. The van der Waals surface area contributed by atoms with Gasteiger partial charge in [-0.3, -0.25) is 4.90 Å². The highest BCUT2D eigenvalue weighted by molar-refractivity contribution is 5.42. The van der Waals surface area contributed by atoms with Gasteiger partial charge in [0.05, 0.1) is 13.2 Å². The Kier molecular flexibility index (Phi) is 8.99. The van der Waals surface area contributed by atoms with Gasteiger partial charge >= 0.3 is 0 Å². The lowest BCUT2D eigenvalue weighted by atomic mass is 10.0. The third-order valence-corrected chi connectivity index (χ3v) is 4.00. The van der Waals surface area contributed by atoms with Gasteiger partial charge in [0.2, 0.25) is 0 Å². The molecule has 0 aliphatic carbocycles. The molecule has 1 unspecified atom stereocenters. The van der Waals surface area contributed by atoms with Crippen molar-refractivity contribution in [2.24, 2.45) is 5.73 Å². The Hall–Kier alpha value is -1.30. The first kappa shape index (κ1) is 19.7. The summed E-state index contributed by atoms with van der Waals surface area (Å²) in [4.78, 5) is 4.41. The maximum absolute atomic E-state index is 6.06. The summed E-state index contributed by atoms with van der Waals surface area (Å²) in [5.74, 6) is 1.67. The van der Waals surface area contributed by atoms with Gasteiger partial charge in [0.15, 0.2) is 0 Å². The molecule has 5 heteroatoms. The molecule has 5 nitrogen and oxygen atoms in total. The predicted octanol–water partition coefficient (Wildman–Crippen LogP) is 2.37. The number of rotatable bonds is 11. The summed E-state index contributed by atoms with van der Waals surface area (Å²) in [6.45, 7) is 5.31. The maximum Gasteiger partial charge on any atom is 0.127 e. The molecule has 1 atom stereocenters. The van der Waals surface area contributed by atoms with E-state index in [-0.39, 0.29) is 6.04 Å². The highest BCUT2D eigenvalue weighted by Gasteiger charge is 2.20. The summed E-state index contributed by atoms with van der Waals surface area (Å²) in [5.41, 5.74) is 7.19. The minimum atomic E-state index is 0.154. The van der Waals surface area contributed by atoms with Crippen molar-refractivity contribution in [2.75, 3.05) is 54.5 Å². The Bertz CT molecular complexity index is 452. The van der Waals surface area contributed by atoms with Crippen LogP contribution in [0.4, 0.5) is 0 Å². The normalized spacial score (nSPS) is 12.7. The standard InChI is InChI=1S/C18H33N3O2/c1-6-7-10-21(4)17(14-19)16-9-8-15(22-5)13-18(16)23-12-11-20(2)3/h8-9,13,17H,6-7,10-12,14,19H2,1-5H3. The summed E-state index contributed by atoms with van der Waals surface area (Å²) in [6, 6.07) is 6.16. The van der Waals surface area contributed by atoms with Crippen LogP contribution in [-0.2, 0) is 0 Å². The molecule has 1 aromatic rings. The van der Waals surface area contributed by atoms with E-state index < -0.39 is 0 Å². The number of methoxy groups -OCH3 is 1. The zero-order chi connectivity index (χ0) is 17.2. The van der Waals surface area contributed by atoms with Gasteiger partial charge in [-0.2, -0.15) is 0 Å². The Balaban J connectivity index is 2.96. The molecule has 0 fully saturated rings. The van der Waals surface area contributed by atoms with E-state index in [0.29, 0.717) is 13.2 Å². The third-order valence-electron chi connectivity index (χ3n) is 4.00. The molecule has 0 aliphatic rings. The van der Waals surface area contributed by atoms with Crippen LogP contribution in [0.5, 0.6) is 11.5 Å². The molecule has 132 valence electrons. The molecule has 0 saturated carbocycles. The molecule has 0 heterocycles. The van der Waals surface area contributed by atoms with Crippen molar-refractivity contribution in [3.8, 4) is 11.5 Å². The molecule has 0 saturated heterocycles. The highest BCUT2D eigenvalue weighted by Crippen LogP contribution is 2.32. The van der Waals surface area contributed by atoms with Crippen molar-refractivity contribution in [1.29, 1.82) is 0 Å². The molecule has 1 aromatic carbocycles. The molecule has 0 aromatic heterocycles. The Morgan fingerprint density at radius 1 is 1.17 bits per heavy atom. The Morgan fingerprint density at radius 2 is 1.91 bits per heavy atom. The third kappa shape index (κ3) is 6.37. The summed E-state index contributed by atoms with van der Waals surface area (Å²) in [7, 11) is 7.88. The second-order valence-corrected chi connectivity index (χ2v) is 6.14. The Labute approximate surface area is 141 Å². The second-order valence-electron chi connectivity index (χ2n) is 6.14. The number of nitrogens with zero attached hydrogens (tertiary/aromatic N) is 2. The van der Waals surface area contributed by atoms with E-state index in [9.17, 15) is 0 Å². The van der Waals surface area contributed by atoms with Gasteiger partial charge < -0.3 is 20.1 Å². The molecule has 2 N–H and O–H groups in total. The molecular formula is C18H33N3O2. The number of ether oxygens (including phenoxy) is 2. The van der Waals surface area contributed by atoms with Gasteiger partial charge in [0, 0.05) is 24.7 Å². The van der Waals surface area contributed by atoms with Gasteiger partial charge in [-0.1, -0.05) is 19.4 Å². The van der Waals surface area contributed by atoms with E-state index in [4.69, 9.17) is 15.2 Å². The number of hydrogen-bond acceptors (Lipinski definition) is 5. The van der Waals surface area contributed by atoms with Crippen molar-refractivity contribution in [1.82, 2.24) is 9.80 Å². The predicted molar refractivity (Wildman–Crippen MR) is 96.4 cm³/mol. The molecule has 0 amide bonds. The van der Waals surface area contributed by atoms with Crippen LogP contribution in [0.25, 0.3) is 0 Å². The van der Waals surface area contributed by atoms with E-state index >= 15 is 0 Å². The maximum atomic E-state index is 6.06. The van der Waals surface area contributed by atoms with Crippen LogP contribution in [0.2, 0.25) is 0 Å². The molecule has 1 rings (SSSR count). The number of hydrogen-bond donors (Lipinski definition) is 1. The first-order valence-electron chi connectivity index (χ1n) is 8.39. The molecular weight excluding hydrogens is 290 g/mol. The van der Waals surface area contributed by atoms with Gasteiger partial charge in [0.25, 0.3) is 0 Å². The van der Waals surface area contributed by atoms with E-state index in [2.05, 4.69) is 29.8 Å². The summed E-state index contributed by atoms with van der Waals surface area (Å²) >= 11 is 0. The molecule has 0 bridgehead atoms. The minimum Gasteiger partial charge on any atom is -0.497 e. The lowest BCUT2D eigenvalue weighted by Gasteiger charge is -2.29. The van der Waals surface area contributed by atoms with Crippen molar-refractivity contribution in [2.45, 2.75) is 25.8 Å². The largest absolute Gasteiger partial charge is 0.497 e. The van der Waals surface area contributed by atoms with Crippen molar-refractivity contribution in [3.05, 3.63) is 23.8 Å². The zero-order valence-corrected chi connectivity index (χ0v) is 15.3. The van der Waals surface area contributed by atoms with E-state index in [1.165, 1.54) is 12.8 Å². The molecule has 0 spiro atoms. The first-order chi connectivity index (χ1) is 11.0. The van der Waals surface area contributed by atoms with Gasteiger partial charge in [-0.15, -0.1) is 0 Å². The lowest BCUT2D eigenvalue weighted by molar-refractivity contribution is 0.226. The molecule has 0 radical (unpaired) electrons. The fourth-order valence-corrected chi connectivity index (χ4v) is 2.49. The number of unbranched alkanes of at least 4 members (excludes halogenated alkanes) is 1. The van der Waals surface area contributed by atoms with Crippen LogP contribution in [0.1, 0.15) is 31.4 Å². The summed E-state index contributed by atoms with van der Waals surface area (Å²) in [5, 5.41) is 0. The topological polar surface area (TPSA) is 51.0 Å². The monoisotopic (exact) mass is 323 g/mol. The van der Waals surface area contributed by atoms with E-state index in [0.717, 1.165) is 30.2 Å². The fourth-order valence-electron chi connectivity index (χ4n) is 2.49. The quantitative estimate of drug-likeness (QED) is 0.677. The summed E-state index contributed by atoms with van der Waals surface area (Å²) < 4.78 is 11.4. The minimum absolute atomic E-state index is 0.154. The second kappa shape index (κ2) is 10.5. The smallest absolute Gasteiger partial charge is 0.127 e. The van der Waals surface area contributed by atoms with Crippen LogP contribution in [-0.4, -0.2) is 64.3 Å². The van der Waals surface area contributed by atoms with Crippen LogP contribution in [0.15, 0.2) is 18.2 Å². The zero-order valence-electron chi connectivity index (χ0n) is 15.3. The number of nitrogens with two attached hydrogens (primary N) is 1. The van der Waals surface area contributed by atoms with Crippen molar-refractivity contribution < 1.29 is 9.47 Å². The van der Waals surface area contributed by atoms with Crippen LogP contribution >= 0.6 is 0 Å². The van der Waals surface area contributed by atoms with Gasteiger partial charge in [-0.05, 0) is 40.2 Å². The van der Waals surface area contributed by atoms with Gasteiger partial charge in [0.1, 0.15) is 18.1 Å². The lowest BCUT2D eigenvalue weighted by Crippen LogP contribution is -2.32. The highest BCUT2D eigenvalue weighted by atomic mass is 16.5. The van der Waals surface area contributed by atoms with E-state index in [1.54, 1.807) is 7.11 Å². The fraction of sp³-hybridized carbons (Fsp3) is 0.667. The number of benzene rings is 1. The van der Waals surface area contributed by atoms with Crippen LogP contribution < -0.4 is 15.2 Å². The summed E-state index contributed by atoms with van der Waals surface area (Å²) in [6.07, 6.45) is 2.34. The SMILES string of the molecule is CCCCN(C)C(CN)c1ccc(OC)cc1OCCN(C)C. The average molecular weight is 323 g/mol. The van der Waals surface area contributed by atoms with E-state index in [1.807, 2.05) is 26.2 Å². The Morgan fingerprint density at radius 3 is 2.48 bits per heavy atom. The van der Waals surface area contributed by atoms with Crippen LogP contribution in [0.3, 0.4) is 0 Å². The van der Waals surface area contributed by atoms with Crippen molar-refractivity contribution >= 4 is 0 Å². The van der Waals surface area contributed by atoms with Crippen LogP contribution in [0, 0.1) is 0 Å².